The van der Waals surface area contributed by atoms with Crippen molar-refractivity contribution in [2.75, 3.05) is 0 Å². The molecule has 2 aromatic carbocycles. The molecule has 2 heteroatoms. The number of aryl methyl sites for hydroxylation is 4. The SMILES string of the molecule is Cc1ccc2oc3c(-c4ccc(C)c[n+]4C)c(C)ccc3c2c1. The first-order valence-corrected chi connectivity index (χ1v) is 7.94. The average molecular weight is 302 g/mol. The minimum Gasteiger partial charge on any atom is -0.455 e. The summed E-state index contributed by atoms with van der Waals surface area (Å²) in [6.45, 7) is 6.38. The van der Waals surface area contributed by atoms with Gasteiger partial charge >= 0.3 is 0 Å². The van der Waals surface area contributed by atoms with E-state index in [1.54, 1.807) is 0 Å². The van der Waals surface area contributed by atoms with Gasteiger partial charge in [0.25, 0.3) is 0 Å². The Morgan fingerprint density at radius 1 is 0.826 bits per heavy atom. The topological polar surface area (TPSA) is 17.0 Å². The number of hydrogen-bond donors (Lipinski definition) is 0. The van der Waals surface area contributed by atoms with Crippen LogP contribution in [0.5, 0.6) is 0 Å². The fourth-order valence-corrected chi connectivity index (χ4v) is 3.38. The molecule has 0 amide bonds. The molecule has 0 saturated carbocycles. The van der Waals surface area contributed by atoms with Gasteiger partial charge in [0.1, 0.15) is 18.2 Å². The molecular weight excluding hydrogens is 282 g/mol. The molecule has 0 fully saturated rings. The molecule has 0 aliphatic rings. The zero-order valence-corrected chi connectivity index (χ0v) is 14.0. The van der Waals surface area contributed by atoms with Gasteiger partial charge in [0, 0.05) is 22.4 Å². The Balaban J connectivity index is 2.13. The van der Waals surface area contributed by atoms with E-state index in [0.717, 1.165) is 11.2 Å². The van der Waals surface area contributed by atoms with Crippen molar-refractivity contribution in [1.29, 1.82) is 0 Å². The number of fused-ring (bicyclic) bond motifs is 3. The lowest BCUT2D eigenvalue weighted by Crippen LogP contribution is -2.31. The molecule has 23 heavy (non-hydrogen) atoms. The van der Waals surface area contributed by atoms with Crippen molar-refractivity contribution in [3.8, 4) is 11.3 Å². The predicted octanol–water partition coefficient (Wildman–Crippen LogP) is 5.00. The van der Waals surface area contributed by atoms with Gasteiger partial charge in [-0.1, -0.05) is 23.8 Å². The van der Waals surface area contributed by atoms with E-state index < -0.39 is 0 Å². The van der Waals surface area contributed by atoms with Crippen molar-refractivity contribution in [3.05, 3.63) is 65.4 Å². The number of benzene rings is 2. The molecule has 2 nitrogen and oxygen atoms in total. The summed E-state index contributed by atoms with van der Waals surface area (Å²) in [5.41, 5.74) is 8.02. The van der Waals surface area contributed by atoms with E-state index in [4.69, 9.17) is 4.42 Å². The molecule has 114 valence electrons. The second-order valence-electron chi connectivity index (χ2n) is 6.44. The third kappa shape index (κ3) is 2.14. The highest BCUT2D eigenvalue weighted by atomic mass is 16.3. The summed E-state index contributed by atoms with van der Waals surface area (Å²) < 4.78 is 8.42. The maximum absolute atomic E-state index is 6.25. The van der Waals surface area contributed by atoms with E-state index >= 15 is 0 Å². The van der Waals surface area contributed by atoms with E-state index in [1.165, 1.54) is 38.7 Å². The zero-order valence-electron chi connectivity index (χ0n) is 14.0. The monoisotopic (exact) mass is 302 g/mol. The van der Waals surface area contributed by atoms with Crippen LogP contribution in [0, 0.1) is 20.8 Å². The Bertz CT molecular complexity index is 1060. The first kappa shape index (κ1) is 14.0. The van der Waals surface area contributed by atoms with Gasteiger partial charge in [-0.05, 0) is 44.5 Å². The van der Waals surface area contributed by atoms with E-state index in [1.807, 2.05) is 0 Å². The number of furan rings is 1. The molecule has 0 N–H and O–H groups in total. The molecule has 4 rings (SSSR count). The number of pyridine rings is 1. The van der Waals surface area contributed by atoms with Crippen molar-refractivity contribution in [3.63, 3.8) is 0 Å². The second kappa shape index (κ2) is 4.95. The van der Waals surface area contributed by atoms with Crippen LogP contribution in [-0.4, -0.2) is 0 Å². The van der Waals surface area contributed by atoms with Gasteiger partial charge in [-0.2, -0.15) is 0 Å². The second-order valence-corrected chi connectivity index (χ2v) is 6.44. The lowest BCUT2D eigenvalue weighted by Gasteiger charge is -2.05. The Morgan fingerprint density at radius 3 is 2.39 bits per heavy atom. The molecule has 0 aliphatic heterocycles. The fraction of sp³-hybridized carbons (Fsp3) is 0.190. The smallest absolute Gasteiger partial charge is 0.216 e. The summed E-state index contributed by atoms with van der Waals surface area (Å²) in [6.07, 6.45) is 2.15. The van der Waals surface area contributed by atoms with Crippen LogP contribution in [0.2, 0.25) is 0 Å². The van der Waals surface area contributed by atoms with Gasteiger partial charge in [-0.3, -0.25) is 0 Å². The Morgan fingerprint density at radius 2 is 1.61 bits per heavy atom. The Hall–Kier alpha value is -2.61. The van der Waals surface area contributed by atoms with Crippen molar-refractivity contribution in [1.82, 2.24) is 0 Å². The number of hydrogen-bond acceptors (Lipinski definition) is 1. The van der Waals surface area contributed by atoms with E-state index in [2.05, 4.69) is 81.0 Å². The molecular formula is C21H20NO+. The van der Waals surface area contributed by atoms with Crippen LogP contribution in [0.3, 0.4) is 0 Å². The highest BCUT2D eigenvalue weighted by molar-refractivity contribution is 6.09. The molecule has 2 heterocycles. The third-order valence-electron chi connectivity index (χ3n) is 4.54. The number of aromatic nitrogens is 1. The summed E-state index contributed by atoms with van der Waals surface area (Å²) in [5, 5.41) is 2.38. The molecule has 4 aromatic rings. The Kier molecular flexibility index (Phi) is 3.02. The molecule has 0 saturated heterocycles. The molecule has 0 radical (unpaired) electrons. The van der Waals surface area contributed by atoms with Gasteiger partial charge < -0.3 is 4.42 Å². The van der Waals surface area contributed by atoms with Crippen LogP contribution in [-0.2, 0) is 7.05 Å². The Labute approximate surface area is 136 Å². The highest BCUT2D eigenvalue weighted by Crippen LogP contribution is 2.37. The average Bonchev–Trinajstić information content (AvgIpc) is 2.86. The molecule has 0 aliphatic carbocycles. The predicted molar refractivity (Wildman–Crippen MR) is 94.5 cm³/mol. The van der Waals surface area contributed by atoms with Gasteiger partial charge in [0.05, 0.1) is 5.56 Å². The summed E-state index contributed by atoms with van der Waals surface area (Å²) in [4.78, 5) is 0. The standard InChI is InChI=1S/C21H20NO/c1-13-6-10-19-17(11-13)16-8-7-15(3)20(21(16)23-19)18-9-5-14(2)12-22(18)4/h5-12H,1-4H3/q+1. The van der Waals surface area contributed by atoms with Gasteiger partial charge in [0.2, 0.25) is 5.69 Å². The van der Waals surface area contributed by atoms with Crippen LogP contribution < -0.4 is 4.57 Å². The van der Waals surface area contributed by atoms with Crippen LogP contribution in [0.25, 0.3) is 33.2 Å². The summed E-state index contributed by atoms with van der Waals surface area (Å²) >= 11 is 0. The summed E-state index contributed by atoms with van der Waals surface area (Å²) in [5.74, 6) is 0. The fourth-order valence-electron chi connectivity index (χ4n) is 3.38. The normalized spacial score (nSPS) is 11.5. The zero-order chi connectivity index (χ0) is 16.1. The van der Waals surface area contributed by atoms with Crippen molar-refractivity contribution in [2.45, 2.75) is 20.8 Å². The largest absolute Gasteiger partial charge is 0.455 e. The van der Waals surface area contributed by atoms with Gasteiger partial charge in [-0.15, -0.1) is 0 Å². The van der Waals surface area contributed by atoms with Crippen LogP contribution in [0.15, 0.2) is 53.1 Å². The molecule has 0 atom stereocenters. The van der Waals surface area contributed by atoms with Crippen LogP contribution in [0.1, 0.15) is 16.7 Å². The number of rotatable bonds is 1. The van der Waals surface area contributed by atoms with Gasteiger partial charge in [-0.25, -0.2) is 4.57 Å². The molecule has 2 aromatic heterocycles. The van der Waals surface area contributed by atoms with Crippen LogP contribution >= 0.6 is 0 Å². The molecule has 0 spiro atoms. The number of nitrogens with zero attached hydrogens (tertiary/aromatic N) is 1. The van der Waals surface area contributed by atoms with Crippen LogP contribution in [0.4, 0.5) is 0 Å². The van der Waals surface area contributed by atoms with Crippen molar-refractivity contribution < 1.29 is 8.98 Å². The first-order chi connectivity index (χ1) is 11.0. The van der Waals surface area contributed by atoms with Gasteiger partial charge in [0.15, 0.2) is 6.20 Å². The molecule has 0 unspecified atom stereocenters. The maximum atomic E-state index is 6.25. The quantitative estimate of drug-likeness (QED) is 0.452. The van der Waals surface area contributed by atoms with E-state index in [9.17, 15) is 0 Å². The third-order valence-corrected chi connectivity index (χ3v) is 4.54. The maximum Gasteiger partial charge on any atom is 0.216 e. The minimum absolute atomic E-state index is 0.951. The molecule has 0 bridgehead atoms. The van der Waals surface area contributed by atoms with E-state index in [-0.39, 0.29) is 0 Å². The highest BCUT2D eigenvalue weighted by Gasteiger charge is 2.20. The van der Waals surface area contributed by atoms with Crippen molar-refractivity contribution in [2.24, 2.45) is 7.05 Å². The van der Waals surface area contributed by atoms with Crippen molar-refractivity contribution >= 4 is 21.9 Å². The lowest BCUT2D eigenvalue weighted by atomic mass is 10.00. The summed E-state index contributed by atoms with van der Waals surface area (Å²) in [6, 6.07) is 15.1. The minimum atomic E-state index is 0.951. The summed E-state index contributed by atoms with van der Waals surface area (Å²) in [7, 11) is 2.09. The van der Waals surface area contributed by atoms with E-state index in [0.29, 0.717) is 0 Å². The lowest BCUT2D eigenvalue weighted by molar-refractivity contribution is -0.660. The first-order valence-electron chi connectivity index (χ1n) is 7.94.